The van der Waals surface area contributed by atoms with Crippen molar-refractivity contribution in [1.29, 1.82) is 0 Å². The molecule has 1 atom stereocenters. The minimum atomic E-state index is -0.842. The summed E-state index contributed by atoms with van der Waals surface area (Å²) in [5.41, 5.74) is 2.77. The van der Waals surface area contributed by atoms with Gasteiger partial charge in [-0.3, -0.25) is 9.69 Å². The number of carbonyl (C=O) groups is 1. The number of rotatable bonds is 5. The summed E-state index contributed by atoms with van der Waals surface area (Å²) in [6, 6.07) is 27.7. The first kappa shape index (κ1) is 16.6. The van der Waals surface area contributed by atoms with Gasteiger partial charge in [0.25, 0.3) is 5.91 Å². The normalized spacial score (nSPS) is 18.8. The first-order valence-electron chi connectivity index (χ1n) is 8.93. The van der Waals surface area contributed by atoms with Gasteiger partial charge >= 0.3 is 0 Å². The highest BCUT2D eigenvalue weighted by Gasteiger charge is 2.51. The van der Waals surface area contributed by atoms with Gasteiger partial charge in [0.1, 0.15) is 0 Å². The van der Waals surface area contributed by atoms with Crippen LogP contribution >= 0.6 is 0 Å². The lowest BCUT2D eigenvalue weighted by atomic mass is 9.93. The summed E-state index contributed by atoms with van der Waals surface area (Å²) < 4.78 is 6.36. The number of ether oxygens (including phenoxy) is 1. The molecule has 1 amide bonds. The minimum absolute atomic E-state index is 0.0174. The third-order valence-corrected chi connectivity index (χ3v) is 4.83. The highest BCUT2D eigenvalue weighted by Crippen LogP contribution is 2.45. The zero-order chi connectivity index (χ0) is 18.0. The van der Waals surface area contributed by atoms with E-state index in [0.29, 0.717) is 18.6 Å². The Hall–Kier alpha value is -2.91. The molecule has 26 heavy (non-hydrogen) atoms. The molecule has 0 saturated heterocycles. The average Bonchev–Trinajstić information content (AvgIpc) is 2.92. The van der Waals surface area contributed by atoms with Crippen molar-refractivity contribution >= 4 is 11.6 Å². The Kier molecular flexibility index (Phi) is 4.31. The molecule has 0 spiro atoms. The van der Waals surface area contributed by atoms with Crippen LogP contribution in [0, 0.1) is 0 Å². The van der Waals surface area contributed by atoms with E-state index in [1.807, 2.05) is 84.6 Å². The van der Waals surface area contributed by atoms with Crippen LogP contribution in [0.4, 0.5) is 5.69 Å². The predicted molar refractivity (Wildman–Crippen MR) is 103 cm³/mol. The number of carbonyl (C=O) groups excluding carboxylic acids is 1. The molecule has 0 aliphatic carbocycles. The second kappa shape index (κ2) is 6.77. The number of anilines is 1. The summed E-state index contributed by atoms with van der Waals surface area (Å²) in [4.78, 5) is 15.1. The van der Waals surface area contributed by atoms with Gasteiger partial charge < -0.3 is 4.74 Å². The molecule has 130 valence electrons. The molecule has 4 rings (SSSR count). The van der Waals surface area contributed by atoms with E-state index < -0.39 is 5.72 Å². The monoisotopic (exact) mass is 343 g/mol. The largest absolute Gasteiger partial charge is 0.351 e. The van der Waals surface area contributed by atoms with Gasteiger partial charge in [0.2, 0.25) is 0 Å². The van der Waals surface area contributed by atoms with E-state index in [1.165, 1.54) is 0 Å². The fourth-order valence-corrected chi connectivity index (χ4v) is 3.80. The molecule has 1 aliphatic rings. The van der Waals surface area contributed by atoms with Crippen LogP contribution in [0.2, 0.25) is 0 Å². The fourth-order valence-electron chi connectivity index (χ4n) is 3.80. The van der Waals surface area contributed by atoms with E-state index in [0.717, 1.165) is 16.8 Å². The minimum Gasteiger partial charge on any atom is -0.351 e. The second-order valence-electron chi connectivity index (χ2n) is 6.40. The van der Waals surface area contributed by atoms with Crippen molar-refractivity contribution in [1.82, 2.24) is 0 Å². The van der Waals surface area contributed by atoms with Gasteiger partial charge in [0.15, 0.2) is 5.72 Å². The van der Waals surface area contributed by atoms with Crippen LogP contribution in [0.3, 0.4) is 0 Å². The summed E-state index contributed by atoms with van der Waals surface area (Å²) in [6.45, 7) is 2.49. The molecule has 0 fully saturated rings. The van der Waals surface area contributed by atoms with E-state index in [4.69, 9.17) is 4.74 Å². The highest BCUT2D eigenvalue weighted by molar-refractivity contribution is 6.11. The number of nitrogens with zero attached hydrogens (tertiary/aromatic N) is 1. The van der Waals surface area contributed by atoms with Crippen LogP contribution in [0.5, 0.6) is 0 Å². The molecule has 0 radical (unpaired) electrons. The number of benzene rings is 3. The number of hydrogen-bond donors (Lipinski definition) is 0. The standard InChI is InChI=1S/C23H21NO2/c1-2-26-23(17-18-11-5-3-6-12-18)21-16-10-9-15-20(21)22(25)24(23)19-13-7-4-8-14-19/h3-16H,2,17H2,1H3/t23-/m1/s1. The summed E-state index contributed by atoms with van der Waals surface area (Å²) in [5.74, 6) is -0.0174. The molecule has 0 bridgehead atoms. The average molecular weight is 343 g/mol. The molecular formula is C23H21NO2. The molecule has 1 aliphatic heterocycles. The Labute approximate surface area is 153 Å². The highest BCUT2D eigenvalue weighted by atomic mass is 16.5. The lowest BCUT2D eigenvalue weighted by Gasteiger charge is -2.39. The molecule has 0 aromatic heterocycles. The molecule has 1 heterocycles. The molecule has 0 unspecified atom stereocenters. The third kappa shape index (κ3) is 2.61. The van der Waals surface area contributed by atoms with Gasteiger partial charge in [-0.25, -0.2) is 0 Å². The van der Waals surface area contributed by atoms with Crippen molar-refractivity contribution in [2.45, 2.75) is 19.1 Å². The summed E-state index contributed by atoms with van der Waals surface area (Å²) in [7, 11) is 0. The van der Waals surface area contributed by atoms with Crippen molar-refractivity contribution in [2.24, 2.45) is 0 Å². The zero-order valence-electron chi connectivity index (χ0n) is 14.8. The molecule has 3 nitrogen and oxygen atoms in total. The lowest BCUT2D eigenvalue weighted by Crippen LogP contribution is -2.48. The number of fused-ring (bicyclic) bond motifs is 1. The Morgan fingerprint density at radius 3 is 2.15 bits per heavy atom. The number of amides is 1. The molecule has 3 aromatic rings. The van der Waals surface area contributed by atoms with Gasteiger partial charge in [-0.05, 0) is 30.7 Å². The van der Waals surface area contributed by atoms with E-state index in [2.05, 4.69) is 12.1 Å². The predicted octanol–water partition coefficient (Wildman–Crippen LogP) is 4.78. The number of hydrogen-bond acceptors (Lipinski definition) is 2. The maximum absolute atomic E-state index is 13.3. The van der Waals surface area contributed by atoms with E-state index >= 15 is 0 Å². The van der Waals surface area contributed by atoms with E-state index in [9.17, 15) is 4.79 Å². The van der Waals surface area contributed by atoms with Crippen LogP contribution in [-0.4, -0.2) is 12.5 Å². The molecular weight excluding hydrogens is 322 g/mol. The molecule has 3 heteroatoms. The van der Waals surface area contributed by atoms with Crippen molar-refractivity contribution in [2.75, 3.05) is 11.5 Å². The second-order valence-corrected chi connectivity index (χ2v) is 6.40. The van der Waals surface area contributed by atoms with Crippen LogP contribution in [0.15, 0.2) is 84.9 Å². The van der Waals surface area contributed by atoms with Crippen LogP contribution in [0.25, 0.3) is 0 Å². The Balaban J connectivity index is 1.92. The van der Waals surface area contributed by atoms with Gasteiger partial charge in [0.05, 0.1) is 0 Å². The summed E-state index contributed by atoms with van der Waals surface area (Å²) >= 11 is 0. The van der Waals surface area contributed by atoms with Crippen LogP contribution in [-0.2, 0) is 16.9 Å². The van der Waals surface area contributed by atoms with Gasteiger partial charge in [-0.15, -0.1) is 0 Å². The zero-order valence-corrected chi connectivity index (χ0v) is 14.8. The lowest BCUT2D eigenvalue weighted by molar-refractivity contribution is -0.0370. The number of para-hydroxylation sites is 1. The van der Waals surface area contributed by atoms with Crippen molar-refractivity contribution < 1.29 is 9.53 Å². The van der Waals surface area contributed by atoms with Crippen molar-refractivity contribution in [3.63, 3.8) is 0 Å². The Bertz CT molecular complexity index is 908. The Morgan fingerprint density at radius 2 is 1.46 bits per heavy atom. The quantitative estimate of drug-likeness (QED) is 0.667. The molecule has 3 aromatic carbocycles. The van der Waals surface area contributed by atoms with E-state index in [-0.39, 0.29) is 5.91 Å². The van der Waals surface area contributed by atoms with Crippen molar-refractivity contribution in [3.05, 3.63) is 102 Å². The maximum Gasteiger partial charge on any atom is 0.261 e. The fraction of sp³-hybridized carbons (Fsp3) is 0.174. The topological polar surface area (TPSA) is 29.5 Å². The van der Waals surface area contributed by atoms with Gasteiger partial charge in [-0.2, -0.15) is 0 Å². The van der Waals surface area contributed by atoms with E-state index in [1.54, 1.807) is 0 Å². The first-order valence-corrected chi connectivity index (χ1v) is 8.93. The third-order valence-electron chi connectivity index (χ3n) is 4.83. The SMILES string of the molecule is CCO[C@]1(Cc2ccccc2)c2ccccc2C(=O)N1c1ccccc1. The smallest absolute Gasteiger partial charge is 0.261 e. The molecule has 0 saturated carbocycles. The summed E-state index contributed by atoms with van der Waals surface area (Å²) in [6.07, 6.45) is 0.597. The molecule has 0 N–H and O–H groups in total. The van der Waals surface area contributed by atoms with Crippen molar-refractivity contribution in [3.8, 4) is 0 Å². The van der Waals surface area contributed by atoms with Crippen LogP contribution in [0.1, 0.15) is 28.4 Å². The van der Waals surface area contributed by atoms with Gasteiger partial charge in [0, 0.05) is 29.8 Å². The Morgan fingerprint density at radius 1 is 0.846 bits per heavy atom. The first-order chi connectivity index (χ1) is 12.8. The maximum atomic E-state index is 13.3. The summed E-state index contributed by atoms with van der Waals surface area (Å²) in [5, 5.41) is 0. The van der Waals surface area contributed by atoms with Crippen LogP contribution < -0.4 is 4.90 Å². The van der Waals surface area contributed by atoms with Gasteiger partial charge in [-0.1, -0.05) is 66.7 Å².